The van der Waals surface area contributed by atoms with Crippen molar-refractivity contribution in [2.24, 2.45) is 0 Å². The third-order valence-corrected chi connectivity index (χ3v) is 5.82. The number of nitrogens with one attached hydrogen (secondary N) is 2. The van der Waals surface area contributed by atoms with Gasteiger partial charge >= 0.3 is 0 Å². The van der Waals surface area contributed by atoms with Crippen molar-refractivity contribution in [3.63, 3.8) is 0 Å². The van der Waals surface area contributed by atoms with Crippen LogP contribution >= 0.6 is 23.1 Å². The Morgan fingerprint density at radius 2 is 1.70 bits per heavy atom. The number of fused-ring (bicyclic) bond motifs is 1. The Hall–Kier alpha value is -1.56. The van der Waals surface area contributed by atoms with E-state index in [1.54, 1.807) is 23.1 Å². The fraction of sp³-hybridized carbons (Fsp3) is 0.0556. The minimum absolute atomic E-state index is 0. The van der Waals surface area contributed by atoms with Crippen LogP contribution in [0, 0.1) is 6.92 Å². The predicted octanol–water partition coefficient (Wildman–Crippen LogP) is 2.06. The zero-order valence-electron chi connectivity index (χ0n) is 12.5. The van der Waals surface area contributed by atoms with Gasteiger partial charge in [-0.2, -0.15) is 4.98 Å². The maximum Gasteiger partial charge on any atom is 0.268 e. The molecular weight excluding hydrogens is 388 g/mol. The molecule has 2 nitrogen and oxygen atoms in total. The quantitative estimate of drug-likeness (QED) is 0.709. The second-order valence-electron chi connectivity index (χ2n) is 5.15. The Morgan fingerprint density at radius 1 is 0.957 bits per heavy atom. The Bertz CT molecular complexity index is 856. The SMILES string of the molecule is Cc1[nH+]c(-c2ccccc2)sc1C1=CSc2ccccc2N1.[Br-]. The number of thioether (sulfide) groups is 1. The van der Waals surface area contributed by atoms with E-state index in [-0.39, 0.29) is 17.0 Å². The third kappa shape index (κ3) is 3.22. The molecule has 0 bridgehead atoms. The van der Waals surface area contributed by atoms with Crippen LogP contribution in [0.1, 0.15) is 10.6 Å². The number of aryl methyl sites for hydroxylation is 1. The topological polar surface area (TPSA) is 26.2 Å². The zero-order chi connectivity index (χ0) is 14.9. The average Bonchev–Trinajstić information content (AvgIpc) is 2.97. The number of hydrogen-bond donors (Lipinski definition) is 1. The highest BCUT2D eigenvalue weighted by Crippen LogP contribution is 2.39. The van der Waals surface area contributed by atoms with Gasteiger partial charge in [0.05, 0.1) is 16.9 Å². The summed E-state index contributed by atoms with van der Waals surface area (Å²) in [4.78, 5) is 6.05. The van der Waals surface area contributed by atoms with Gasteiger partial charge in [-0.3, -0.25) is 0 Å². The van der Waals surface area contributed by atoms with Crippen LogP contribution in [0.3, 0.4) is 0 Å². The number of thiazole rings is 1. The monoisotopic (exact) mass is 402 g/mol. The first kappa shape index (κ1) is 16.3. The molecule has 0 fully saturated rings. The number of H-pyrrole nitrogens is 1. The van der Waals surface area contributed by atoms with Crippen LogP contribution in [-0.2, 0) is 0 Å². The molecule has 3 aromatic rings. The van der Waals surface area contributed by atoms with Crippen LogP contribution in [-0.4, -0.2) is 0 Å². The smallest absolute Gasteiger partial charge is 0.268 e. The van der Waals surface area contributed by atoms with Crippen molar-refractivity contribution in [1.29, 1.82) is 0 Å². The highest BCUT2D eigenvalue weighted by atomic mass is 79.9. The molecule has 0 spiro atoms. The fourth-order valence-corrected chi connectivity index (χ4v) is 4.47. The highest BCUT2D eigenvalue weighted by Gasteiger charge is 2.21. The molecule has 2 N–H and O–H groups in total. The number of halogens is 1. The minimum Gasteiger partial charge on any atom is -1.00 e. The summed E-state index contributed by atoms with van der Waals surface area (Å²) in [6.45, 7) is 2.13. The van der Waals surface area contributed by atoms with Crippen molar-refractivity contribution in [3.05, 3.63) is 70.6 Å². The molecule has 0 aliphatic carbocycles. The largest absolute Gasteiger partial charge is 1.00 e. The number of benzene rings is 2. The van der Waals surface area contributed by atoms with Gasteiger partial charge in [-0.15, -0.1) is 0 Å². The van der Waals surface area contributed by atoms with Gasteiger partial charge in [-0.05, 0) is 24.3 Å². The standard InChI is InChI=1S/C18H14N2S2.BrH/c1-12-17(22-18(19-12)13-7-3-2-4-8-13)15-11-21-16-10-6-5-9-14(16)20-15;/h2-11,20H,1H3;1H. The first-order valence-corrected chi connectivity index (χ1v) is 8.82. The van der Waals surface area contributed by atoms with Crippen molar-refractivity contribution in [3.8, 4) is 10.6 Å². The lowest BCUT2D eigenvalue weighted by atomic mass is 10.2. The summed E-state index contributed by atoms with van der Waals surface area (Å²) < 4.78 is 0. The maximum absolute atomic E-state index is 3.55. The van der Waals surface area contributed by atoms with Crippen molar-refractivity contribution < 1.29 is 22.0 Å². The van der Waals surface area contributed by atoms with Crippen LogP contribution in [0.25, 0.3) is 16.3 Å². The van der Waals surface area contributed by atoms with E-state index < -0.39 is 0 Å². The number of aromatic amines is 1. The van der Waals surface area contributed by atoms with Gasteiger partial charge in [0, 0.05) is 17.2 Å². The van der Waals surface area contributed by atoms with Gasteiger partial charge in [0.1, 0.15) is 4.88 Å². The molecule has 1 aliphatic rings. The molecule has 23 heavy (non-hydrogen) atoms. The van der Waals surface area contributed by atoms with E-state index in [9.17, 15) is 0 Å². The summed E-state index contributed by atoms with van der Waals surface area (Å²) >= 11 is 3.57. The van der Waals surface area contributed by atoms with Crippen molar-refractivity contribution in [2.75, 3.05) is 5.32 Å². The van der Waals surface area contributed by atoms with E-state index in [1.807, 2.05) is 6.07 Å². The summed E-state index contributed by atoms with van der Waals surface area (Å²) in [5.41, 5.74) is 4.78. The van der Waals surface area contributed by atoms with Gasteiger partial charge in [-0.1, -0.05) is 53.4 Å². The van der Waals surface area contributed by atoms with E-state index in [0.29, 0.717) is 0 Å². The van der Waals surface area contributed by atoms with Crippen LogP contribution in [0.4, 0.5) is 5.69 Å². The third-order valence-electron chi connectivity index (χ3n) is 3.59. The molecule has 4 rings (SSSR count). The minimum atomic E-state index is 0. The van der Waals surface area contributed by atoms with Gasteiger partial charge in [0.25, 0.3) is 5.01 Å². The second kappa shape index (κ2) is 6.91. The predicted molar refractivity (Wildman–Crippen MR) is 94.9 cm³/mol. The summed E-state index contributed by atoms with van der Waals surface area (Å²) in [7, 11) is 0. The normalized spacial score (nSPS) is 12.7. The molecule has 0 amide bonds. The van der Waals surface area contributed by atoms with E-state index in [4.69, 9.17) is 0 Å². The number of aromatic nitrogens is 1. The van der Waals surface area contributed by atoms with E-state index in [2.05, 4.69) is 71.2 Å². The van der Waals surface area contributed by atoms with Crippen molar-refractivity contribution in [2.45, 2.75) is 11.8 Å². The van der Waals surface area contributed by atoms with Crippen LogP contribution in [0.5, 0.6) is 0 Å². The molecule has 5 heteroatoms. The van der Waals surface area contributed by atoms with E-state index in [1.165, 1.54) is 37.4 Å². The van der Waals surface area contributed by atoms with E-state index >= 15 is 0 Å². The second-order valence-corrected chi connectivity index (χ2v) is 7.08. The molecule has 2 aromatic carbocycles. The summed E-state index contributed by atoms with van der Waals surface area (Å²) in [6.07, 6.45) is 0. The highest BCUT2D eigenvalue weighted by molar-refractivity contribution is 8.02. The molecule has 1 aromatic heterocycles. The lowest BCUT2D eigenvalue weighted by molar-refractivity contribution is -0.367. The molecule has 1 aliphatic heterocycles. The molecular formula is C18H15BrN2S2. The maximum atomic E-state index is 3.55. The van der Waals surface area contributed by atoms with Gasteiger partial charge in [0.2, 0.25) is 0 Å². The molecule has 0 saturated heterocycles. The molecule has 0 radical (unpaired) electrons. The summed E-state index contributed by atoms with van der Waals surface area (Å²) in [5.74, 6) is 0. The lowest BCUT2D eigenvalue weighted by Gasteiger charge is -2.17. The lowest BCUT2D eigenvalue weighted by Crippen LogP contribution is -3.00. The van der Waals surface area contributed by atoms with Gasteiger partial charge in [-0.25, -0.2) is 0 Å². The van der Waals surface area contributed by atoms with Crippen LogP contribution in [0.2, 0.25) is 0 Å². The number of rotatable bonds is 2. The number of anilines is 1. The van der Waals surface area contributed by atoms with Crippen LogP contribution in [0.15, 0.2) is 64.9 Å². The Labute approximate surface area is 154 Å². The first-order chi connectivity index (χ1) is 10.8. The van der Waals surface area contributed by atoms with Gasteiger partial charge in [0.15, 0.2) is 5.69 Å². The molecule has 116 valence electrons. The Balaban J connectivity index is 0.00000156. The van der Waals surface area contributed by atoms with Gasteiger partial charge < -0.3 is 22.3 Å². The molecule has 0 saturated carbocycles. The van der Waals surface area contributed by atoms with E-state index in [0.717, 1.165) is 0 Å². The van der Waals surface area contributed by atoms with Crippen LogP contribution < -0.4 is 27.3 Å². The number of para-hydroxylation sites is 1. The molecule has 2 heterocycles. The zero-order valence-corrected chi connectivity index (χ0v) is 15.7. The Kier molecular flexibility index (Phi) is 4.90. The Morgan fingerprint density at radius 3 is 2.52 bits per heavy atom. The first-order valence-electron chi connectivity index (χ1n) is 7.12. The number of hydrogen-bond acceptors (Lipinski definition) is 3. The average molecular weight is 403 g/mol. The molecule has 0 atom stereocenters. The summed E-state index contributed by atoms with van der Waals surface area (Å²) in [5, 5.41) is 6.94. The fourth-order valence-electron chi connectivity index (χ4n) is 2.49. The van der Waals surface area contributed by atoms with Crippen molar-refractivity contribution in [1.82, 2.24) is 0 Å². The van der Waals surface area contributed by atoms with Crippen molar-refractivity contribution >= 4 is 34.5 Å². The molecule has 0 unspecified atom stereocenters. The summed E-state index contributed by atoms with van der Waals surface area (Å²) in [6, 6.07) is 18.9.